The lowest BCUT2D eigenvalue weighted by molar-refractivity contribution is 0.578. The molecule has 4 aromatic carbocycles. The summed E-state index contributed by atoms with van der Waals surface area (Å²) in [5, 5.41) is 0. The summed E-state index contributed by atoms with van der Waals surface area (Å²) < 4.78 is 120. The second kappa shape index (κ2) is 9.36. The molecule has 0 atom stereocenters. The van der Waals surface area contributed by atoms with E-state index in [2.05, 4.69) is 0 Å². The van der Waals surface area contributed by atoms with Gasteiger partial charge in [-0.2, -0.15) is 21.9 Å². The summed E-state index contributed by atoms with van der Waals surface area (Å²) in [7, 11) is 0. The molecule has 0 saturated carbocycles. The van der Waals surface area contributed by atoms with Gasteiger partial charge in [-0.05, 0) is 49.9 Å². The molecule has 0 saturated heterocycles. The third kappa shape index (κ3) is 4.20. The average molecular weight is 519 g/mol. The van der Waals surface area contributed by atoms with Crippen molar-refractivity contribution in [3.8, 4) is 0 Å². The third-order valence-electron chi connectivity index (χ3n) is 6.98. The Morgan fingerprint density at radius 1 is 0.324 bits per heavy atom. The van der Waals surface area contributed by atoms with Crippen molar-refractivity contribution in [1.82, 2.24) is 0 Å². The van der Waals surface area contributed by atoms with E-state index < -0.39 is 74.5 Å². The Kier molecular flexibility index (Phi) is 6.69. The van der Waals surface area contributed by atoms with E-state index in [1.165, 1.54) is 27.7 Å². The number of hydrogen-bond donors (Lipinski definition) is 0. The topological polar surface area (TPSA) is 0 Å². The molecule has 0 bridgehead atoms. The molecule has 9 heteroatoms. The van der Waals surface area contributed by atoms with Crippen molar-refractivity contribution < 1.29 is 35.1 Å². The largest absolute Gasteiger partial charge is 0.210 e. The number of benzene rings is 4. The van der Waals surface area contributed by atoms with Crippen molar-refractivity contribution in [3.63, 3.8) is 0 Å². The SMILES string of the molecule is Cc1cc([B-](c2cc(C)c(F)cc2F)(c2cc(C)c(F)cc2F)c2cc(C)c(F)cc2F)c(F)cc1F. The zero-order valence-electron chi connectivity index (χ0n) is 20.2. The van der Waals surface area contributed by atoms with Crippen LogP contribution in [0.15, 0.2) is 48.5 Å². The summed E-state index contributed by atoms with van der Waals surface area (Å²) in [6.07, 6.45) is -3.62. The zero-order valence-corrected chi connectivity index (χ0v) is 20.2. The van der Waals surface area contributed by atoms with Crippen LogP contribution in [0.3, 0.4) is 0 Å². The molecule has 192 valence electrons. The van der Waals surface area contributed by atoms with Crippen LogP contribution in [0.5, 0.6) is 0 Å². The van der Waals surface area contributed by atoms with Gasteiger partial charge in [-0.25, -0.2) is 35.1 Å². The van der Waals surface area contributed by atoms with E-state index in [0.717, 1.165) is 24.3 Å². The van der Waals surface area contributed by atoms with Gasteiger partial charge in [0.2, 0.25) is 0 Å². The van der Waals surface area contributed by atoms with E-state index in [-0.39, 0.29) is 22.3 Å². The molecule has 0 unspecified atom stereocenters. The molecule has 0 N–H and O–H groups in total. The van der Waals surface area contributed by atoms with Crippen molar-refractivity contribution in [3.05, 3.63) is 117 Å². The average Bonchev–Trinajstić information content (AvgIpc) is 2.81. The number of hydrogen-bond acceptors (Lipinski definition) is 0. The summed E-state index contributed by atoms with van der Waals surface area (Å²) in [5.74, 6) is -9.05. The molecule has 37 heavy (non-hydrogen) atoms. The Labute approximate surface area is 208 Å². The van der Waals surface area contributed by atoms with Crippen LogP contribution in [0, 0.1) is 74.2 Å². The lowest BCUT2D eigenvalue weighted by atomic mass is 9.12. The molecule has 0 aliphatic heterocycles. The van der Waals surface area contributed by atoms with Gasteiger partial charge in [-0.3, -0.25) is 0 Å². The minimum Gasteiger partial charge on any atom is -0.210 e. The van der Waals surface area contributed by atoms with E-state index in [1.54, 1.807) is 0 Å². The van der Waals surface area contributed by atoms with Crippen LogP contribution in [-0.4, -0.2) is 6.15 Å². The van der Waals surface area contributed by atoms with Crippen molar-refractivity contribution in [1.29, 1.82) is 0 Å². The van der Waals surface area contributed by atoms with Crippen molar-refractivity contribution in [2.75, 3.05) is 0 Å². The predicted molar refractivity (Wildman–Crippen MR) is 129 cm³/mol. The molecule has 4 aromatic rings. The smallest absolute Gasteiger partial charge is 0.128 e. The minimum atomic E-state index is -3.62. The van der Waals surface area contributed by atoms with Crippen LogP contribution in [-0.2, 0) is 0 Å². The highest BCUT2D eigenvalue weighted by Gasteiger charge is 2.41. The Morgan fingerprint density at radius 3 is 0.703 bits per heavy atom. The lowest BCUT2D eigenvalue weighted by Gasteiger charge is -2.45. The molecule has 0 fully saturated rings. The predicted octanol–water partition coefficient (Wildman–Crippen LogP) is 5.41. The first-order valence-electron chi connectivity index (χ1n) is 11.3. The van der Waals surface area contributed by atoms with Gasteiger partial charge in [-0.1, -0.05) is 24.3 Å². The number of rotatable bonds is 4. The minimum absolute atomic E-state index is 0.139. The molecular formula is C28H20BF8-. The molecule has 4 rings (SSSR count). The summed E-state index contributed by atoms with van der Waals surface area (Å²) in [6, 6.07) is 5.82. The van der Waals surface area contributed by atoms with Gasteiger partial charge < -0.3 is 0 Å². The monoisotopic (exact) mass is 519 g/mol. The Balaban J connectivity index is 2.39. The van der Waals surface area contributed by atoms with E-state index >= 15 is 17.6 Å². The van der Waals surface area contributed by atoms with Gasteiger partial charge in [-0.15, -0.1) is 0 Å². The van der Waals surface area contributed by atoms with Crippen LogP contribution in [0.4, 0.5) is 35.1 Å². The van der Waals surface area contributed by atoms with Crippen LogP contribution in [0.1, 0.15) is 22.3 Å². The van der Waals surface area contributed by atoms with Gasteiger partial charge in [0, 0.05) is 24.3 Å². The molecular weight excluding hydrogens is 499 g/mol. The number of aryl methyl sites for hydroxylation is 4. The fourth-order valence-electron chi connectivity index (χ4n) is 5.05. The molecule has 0 aliphatic carbocycles. The van der Waals surface area contributed by atoms with Gasteiger partial charge in [0.05, 0.1) is 23.3 Å². The highest BCUT2D eigenvalue weighted by molar-refractivity contribution is 7.20. The second-order valence-electron chi connectivity index (χ2n) is 9.36. The fourth-order valence-corrected chi connectivity index (χ4v) is 5.05. The molecule has 0 heterocycles. The highest BCUT2D eigenvalue weighted by atomic mass is 19.2. The fraction of sp³-hybridized carbons (Fsp3) is 0.143. The maximum Gasteiger partial charge on any atom is 0.128 e. The van der Waals surface area contributed by atoms with E-state index in [0.29, 0.717) is 24.3 Å². The first kappa shape index (κ1) is 26.4. The molecule has 0 spiro atoms. The van der Waals surface area contributed by atoms with E-state index in [9.17, 15) is 17.6 Å². The highest BCUT2D eigenvalue weighted by Crippen LogP contribution is 2.22. The van der Waals surface area contributed by atoms with Gasteiger partial charge >= 0.3 is 0 Å². The first-order valence-corrected chi connectivity index (χ1v) is 11.3. The Morgan fingerprint density at radius 2 is 0.514 bits per heavy atom. The van der Waals surface area contributed by atoms with Crippen molar-refractivity contribution in [2.24, 2.45) is 0 Å². The van der Waals surface area contributed by atoms with E-state index in [4.69, 9.17) is 0 Å². The molecule has 0 radical (unpaired) electrons. The van der Waals surface area contributed by atoms with Gasteiger partial charge in [0.25, 0.3) is 0 Å². The lowest BCUT2D eigenvalue weighted by Crippen LogP contribution is -2.77. The van der Waals surface area contributed by atoms with Crippen LogP contribution in [0.2, 0.25) is 0 Å². The maximum absolute atomic E-state index is 15.7. The quantitative estimate of drug-likeness (QED) is 0.250. The second-order valence-corrected chi connectivity index (χ2v) is 9.36. The summed E-state index contributed by atoms with van der Waals surface area (Å²) >= 11 is 0. The van der Waals surface area contributed by atoms with Gasteiger partial charge in [0.1, 0.15) is 29.4 Å². The van der Waals surface area contributed by atoms with E-state index in [1.807, 2.05) is 0 Å². The van der Waals surface area contributed by atoms with Crippen LogP contribution >= 0.6 is 0 Å². The zero-order chi connectivity index (χ0) is 27.4. The van der Waals surface area contributed by atoms with Crippen LogP contribution in [0.25, 0.3) is 0 Å². The maximum atomic E-state index is 15.7. The normalized spacial score (nSPS) is 11.8. The Bertz CT molecular complexity index is 1330. The van der Waals surface area contributed by atoms with Crippen molar-refractivity contribution >= 4 is 28.0 Å². The summed E-state index contributed by atoms with van der Waals surface area (Å²) in [5.41, 5.74) is -2.73. The third-order valence-corrected chi connectivity index (χ3v) is 6.98. The summed E-state index contributed by atoms with van der Waals surface area (Å²) in [4.78, 5) is 0. The molecule has 0 aliphatic rings. The van der Waals surface area contributed by atoms with Crippen molar-refractivity contribution in [2.45, 2.75) is 27.7 Å². The summed E-state index contributed by atoms with van der Waals surface area (Å²) in [6.45, 7) is 5.07. The standard InChI is InChI=1S/C28H20BF8/c1-13-5-17(25(34)9-21(13)30)29(18-6-14(2)22(31)10-26(18)35,19-7-15(3)23(32)11-27(19)36)20-8-16(4)24(33)12-28(20)37/h5-12H,1-4H3/q-1. The van der Waals surface area contributed by atoms with Gasteiger partial charge in [0.15, 0.2) is 0 Å². The Hall–Kier alpha value is -3.62. The number of halogens is 8. The molecule has 0 aromatic heterocycles. The molecule has 0 amide bonds. The molecule has 0 nitrogen and oxygen atoms in total. The first-order chi connectivity index (χ1) is 17.3. The van der Waals surface area contributed by atoms with Crippen LogP contribution < -0.4 is 21.9 Å².